The summed E-state index contributed by atoms with van der Waals surface area (Å²) in [5.74, 6) is -0.655. The van der Waals surface area contributed by atoms with Crippen LogP contribution in [-0.2, 0) is 38.3 Å². The van der Waals surface area contributed by atoms with Crippen LogP contribution in [0.4, 0.5) is 5.69 Å². The zero-order chi connectivity index (χ0) is 37.5. The average molecular weight is 766 g/mol. The molecule has 0 unspecified atom stereocenters. The molecule has 3 heterocycles. The smallest absolute Gasteiger partial charge is 0.286 e. The summed E-state index contributed by atoms with van der Waals surface area (Å²) in [6, 6.07) is 11.4. The standard InChI is InChI=1S/C39H48ClN5O7S/c1-24-8-14-34(49-3)35(50-4)29-12-9-27(29)19-45-22-39(16-6-7-25-17-28(40)11-13-31(25)39)23-52-33-15-10-26(18-32(33)45)36(46)42-53(48,21-24)43-37(47)30-20-44(2)41-38(30)51-5/h8,10-11,13-15,17-18,20,24,27,29,34-35H,6-7,9,12,16,19,21-23H2,1-5H3,(H,42,43,46,47,48)/b14-8-/t24-,27-,29+,34+,35+,39-,53-/m0/s1. The molecule has 7 rings (SSSR count). The summed E-state index contributed by atoms with van der Waals surface area (Å²) < 4.78 is 47.0. The van der Waals surface area contributed by atoms with Gasteiger partial charge < -0.3 is 23.8 Å². The third-order valence-corrected chi connectivity index (χ3v) is 13.5. The van der Waals surface area contributed by atoms with Gasteiger partial charge in [-0.15, -0.1) is 9.46 Å². The van der Waals surface area contributed by atoms with Crippen LogP contribution in [0.5, 0.6) is 11.6 Å². The van der Waals surface area contributed by atoms with Gasteiger partial charge in [0, 0.05) is 56.6 Å². The van der Waals surface area contributed by atoms with Gasteiger partial charge in [0.2, 0.25) is 5.88 Å². The fourth-order valence-corrected chi connectivity index (χ4v) is 10.6. The minimum absolute atomic E-state index is 0.0654. The van der Waals surface area contributed by atoms with Gasteiger partial charge in [-0.2, -0.15) is 0 Å². The number of nitrogens with zero attached hydrogens (tertiary/aromatic N) is 4. The Labute approximate surface area is 316 Å². The first kappa shape index (κ1) is 37.4. The van der Waals surface area contributed by atoms with Gasteiger partial charge in [0.1, 0.15) is 27.3 Å². The first-order chi connectivity index (χ1) is 25.4. The maximum atomic E-state index is 14.7. The molecule has 2 aliphatic carbocycles. The lowest BCUT2D eigenvalue weighted by Crippen LogP contribution is -2.51. The van der Waals surface area contributed by atoms with E-state index >= 15 is 0 Å². The van der Waals surface area contributed by atoms with E-state index in [9.17, 15) is 13.8 Å². The summed E-state index contributed by atoms with van der Waals surface area (Å²) in [6.07, 6.45) is 9.64. The summed E-state index contributed by atoms with van der Waals surface area (Å²) in [5, 5.41) is 4.87. The van der Waals surface area contributed by atoms with Gasteiger partial charge in [0.05, 0.1) is 31.3 Å². The summed E-state index contributed by atoms with van der Waals surface area (Å²) in [6.45, 7) is 3.73. The summed E-state index contributed by atoms with van der Waals surface area (Å²) in [7, 11) is 2.75. The number of halogens is 1. The number of carbonyl (C=O) groups is 2. The number of hydrogen-bond acceptors (Lipinski definition) is 9. The molecule has 2 amide bonds. The third kappa shape index (κ3) is 7.45. The van der Waals surface area contributed by atoms with Crippen molar-refractivity contribution in [2.24, 2.45) is 29.2 Å². The van der Waals surface area contributed by atoms with E-state index in [0.717, 1.165) is 49.4 Å². The summed E-state index contributed by atoms with van der Waals surface area (Å²) >= 11 is 6.47. The number of allylic oxidation sites excluding steroid dienone is 1. The zero-order valence-electron chi connectivity index (χ0n) is 30.9. The Morgan fingerprint density at radius 1 is 1.11 bits per heavy atom. The number of hydrogen-bond donors (Lipinski definition) is 1. The lowest BCUT2D eigenvalue weighted by atomic mass is 9.67. The molecule has 1 aromatic heterocycles. The SMILES string of the molecule is COc1nn(C)cc1C(=O)N[S@@]1(=O)=NC(=O)c2ccc3c(c2)N(C[C@@H]2CC[C@H]2[C@@H](OC)[C@H](OC)/C=C\[C@H](C)C1)C[C@@]1(CCCc2cc(Cl)ccc21)CO3. The Morgan fingerprint density at radius 3 is 2.68 bits per heavy atom. The van der Waals surface area contributed by atoms with Crippen molar-refractivity contribution in [3.8, 4) is 11.6 Å². The van der Waals surface area contributed by atoms with Crippen LogP contribution in [0.3, 0.4) is 0 Å². The van der Waals surface area contributed by atoms with Crippen molar-refractivity contribution in [2.75, 3.05) is 51.7 Å². The molecule has 7 atom stereocenters. The Bertz CT molecular complexity index is 2040. The van der Waals surface area contributed by atoms with Crippen molar-refractivity contribution in [1.82, 2.24) is 14.5 Å². The fourth-order valence-electron chi connectivity index (χ4n) is 8.63. The van der Waals surface area contributed by atoms with Crippen LogP contribution in [0.2, 0.25) is 5.02 Å². The summed E-state index contributed by atoms with van der Waals surface area (Å²) in [4.78, 5) is 30.0. The number of nitrogens with one attached hydrogen (secondary N) is 1. The molecular formula is C39H48ClN5O7S. The van der Waals surface area contributed by atoms with Crippen LogP contribution in [0, 0.1) is 17.8 Å². The lowest BCUT2D eigenvalue weighted by Gasteiger charge is -2.47. The maximum Gasteiger partial charge on any atom is 0.286 e. The van der Waals surface area contributed by atoms with Gasteiger partial charge >= 0.3 is 0 Å². The number of amides is 2. The van der Waals surface area contributed by atoms with Gasteiger partial charge in [-0.05, 0) is 91.3 Å². The Balaban J connectivity index is 1.33. The fraction of sp³-hybridized carbons (Fsp3) is 0.513. The highest BCUT2D eigenvalue weighted by molar-refractivity contribution is 7.92. The maximum absolute atomic E-state index is 14.7. The minimum Gasteiger partial charge on any atom is -0.490 e. The van der Waals surface area contributed by atoms with E-state index in [2.05, 4.69) is 31.2 Å². The highest BCUT2D eigenvalue weighted by atomic mass is 35.5. The number of aromatic nitrogens is 2. The van der Waals surface area contributed by atoms with Crippen LogP contribution in [0.15, 0.2) is 59.1 Å². The normalized spacial score (nSPS) is 30.5. The van der Waals surface area contributed by atoms with Crippen LogP contribution in [0.25, 0.3) is 0 Å². The zero-order valence-corrected chi connectivity index (χ0v) is 32.5. The van der Waals surface area contributed by atoms with E-state index in [1.807, 2.05) is 31.2 Å². The number of fused-ring (bicyclic) bond motifs is 4. The lowest BCUT2D eigenvalue weighted by molar-refractivity contribution is -0.0827. The molecule has 1 N–H and O–H groups in total. The Morgan fingerprint density at radius 2 is 1.94 bits per heavy atom. The minimum atomic E-state index is -3.68. The quantitative estimate of drug-likeness (QED) is 0.322. The molecule has 1 spiro atoms. The van der Waals surface area contributed by atoms with Crippen LogP contribution in [0.1, 0.15) is 64.4 Å². The van der Waals surface area contributed by atoms with Crippen molar-refractivity contribution in [3.05, 3.63) is 82.0 Å². The van der Waals surface area contributed by atoms with Gasteiger partial charge in [-0.25, -0.2) is 4.21 Å². The molecule has 284 valence electrons. The average Bonchev–Trinajstić information content (AvgIpc) is 3.44. The van der Waals surface area contributed by atoms with Crippen LogP contribution < -0.4 is 19.1 Å². The van der Waals surface area contributed by atoms with Crippen molar-refractivity contribution >= 4 is 39.0 Å². The molecule has 2 aliphatic heterocycles. The number of anilines is 1. The van der Waals surface area contributed by atoms with E-state index in [1.165, 1.54) is 29.1 Å². The first-order valence-corrected chi connectivity index (χ1v) is 20.2. The van der Waals surface area contributed by atoms with Crippen molar-refractivity contribution in [2.45, 2.75) is 56.7 Å². The predicted molar refractivity (Wildman–Crippen MR) is 203 cm³/mol. The second-order valence-corrected chi connectivity index (χ2v) is 17.3. The predicted octanol–water partition coefficient (Wildman–Crippen LogP) is 5.77. The third-order valence-electron chi connectivity index (χ3n) is 11.3. The molecule has 1 saturated carbocycles. The summed E-state index contributed by atoms with van der Waals surface area (Å²) in [5.41, 5.74) is 3.30. The van der Waals surface area contributed by atoms with E-state index < -0.39 is 21.7 Å². The number of rotatable bonds is 5. The molecule has 0 radical (unpaired) electrons. The number of ether oxygens (including phenoxy) is 4. The molecule has 0 saturated heterocycles. The van der Waals surface area contributed by atoms with Crippen molar-refractivity contribution in [1.29, 1.82) is 0 Å². The van der Waals surface area contributed by atoms with E-state index in [1.54, 1.807) is 33.4 Å². The van der Waals surface area contributed by atoms with Crippen molar-refractivity contribution in [3.63, 3.8) is 0 Å². The number of methoxy groups -OCH3 is 3. The van der Waals surface area contributed by atoms with Crippen molar-refractivity contribution < 1.29 is 32.7 Å². The van der Waals surface area contributed by atoms with Crippen LogP contribution in [-0.4, -0.2) is 84.8 Å². The van der Waals surface area contributed by atoms with Gasteiger partial charge in [0.15, 0.2) is 0 Å². The van der Waals surface area contributed by atoms with E-state index in [4.69, 9.17) is 30.5 Å². The molecule has 3 aromatic rings. The van der Waals surface area contributed by atoms with E-state index in [-0.39, 0.29) is 52.2 Å². The molecule has 4 aliphatic rings. The first-order valence-electron chi connectivity index (χ1n) is 18.2. The number of carbonyl (C=O) groups excluding carboxylic acids is 2. The second kappa shape index (κ2) is 15.1. The topological polar surface area (TPSA) is 134 Å². The monoisotopic (exact) mass is 765 g/mol. The van der Waals surface area contributed by atoms with Crippen LogP contribution >= 0.6 is 11.6 Å². The Hall–Kier alpha value is -3.91. The van der Waals surface area contributed by atoms with Gasteiger partial charge in [-0.3, -0.25) is 19.0 Å². The molecule has 12 nitrogen and oxygen atoms in total. The highest BCUT2D eigenvalue weighted by Crippen LogP contribution is 2.47. The highest BCUT2D eigenvalue weighted by Gasteiger charge is 2.45. The largest absolute Gasteiger partial charge is 0.490 e. The Kier molecular flexibility index (Phi) is 10.6. The van der Waals surface area contributed by atoms with E-state index in [0.29, 0.717) is 24.8 Å². The molecule has 14 heteroatoms. The second-order valence-electron chi connectivity index (χ2n) is 14.9. The number of benzene rings is 2. The molecule has 2 bridgehead atoms. The van der Waals surface area contributed by atoms with Gasteiger partial charge in [0.25, 0.3) is 11.8 Å². The molecule has 1 fully saturated rings. The number of aryl methyl sites for hydroxylation is 2. The molecule has 2 aromatic carbocycles. The van der Waals surface area contributed by atoms with Gasteiger partial charge in [-0.1, -0.05) is 36.7 Å². The molecule has 53 heavy (non-hydrogen) atoms. The molecular weight excluding hydrogens is 718 g/mol.